The number of phenolic OH excluding ortho intramolecular Hbond substituents is 1. The Labute approximate surface area is 108 Å². The first-order chi connectivity index (χ1) is 8.52. The van der Waals surface area contributed by atoms with Crippen molar-refractivity contribution in [1.29, 1.82) is 0 Å². The molecule has 1 aromatic rings. The topological polar surface area (TPSA) is 66.4 Å². The van der Waals surface area contributed by atoms with E-state index < -0.39 is 9.84 Å². The van der Waals surface area contributed by atoms with E-state index in [2.05, 4.69) is 5.32 Å². The Balaban J connectivity index is 2.15. The highest BCUT2D eigenvalue weighted by Gasteiger charge is 2.29. The van der Waals surface area contributed by atoms with E-state index in [1.165, 1.54) is 0 Å². The number of phenols is 1. The van der Waals surface area contributed by atoms with Gasteiger partial charge >= 0.3 is 0 Å². The Hall–Kier alpha value is -1.07. The highest BCUT2D eigenvalue weighted by Crippen LogP contribution is 2.32. The van der Waals surface area contributed by atoms with Crippen LogP contribution in [0.15, 0.2) is 24.3 Å². The third-order valence-electron chi connectivity index (χ3n) is 3.61. The molecule has 1 saturated heterocycles. The molecule has 5 heteroatoms. The zero-order valence-corrected chi connectivity index (χ0v) is 11.3. The van der Waals surface area contributed by atoms with Crippen molar-refractivity contribution >= 4 is 9.84 Å². The maximum absolute atomic E-state index is 11.4. The summed E-state index contributed by atoms with van der Waals surface area (Å²) in [6, 6.07) is 7.26. The zero-order valence-electron chi connectivity index (χ0n) is 10.5. The van der Waals surface area contributed by atoms with Crippen molar-refractivity contribution in [2.24, 2.45) is 5.92 Å². The molecule has 18 heavy (non-hydrogen) atoms. The molecule has 0 saturated carbocycles. The molecule has 1 unspecified atom stereocenters. The van der Waals surface area contributed by atoms with Gasteiger partial charge in [-0.05, 0) is 43.5 Å². The molecule has 1 aliphatic heterocycles. The number of nitrogens with one attached hydrogen (secondary N) is 1. The number of hydrogen-bond donors (Lipinski definition) is 2. The van der Waals surface area contributed by atoms with E-state index in [-0.39, 0.29) is 23.3 Å². The summed E-state index contributed by atoms with van der Waals surface area (Å²) < 4.78 is 22.9. The second-order valence-electron chi connectivity index (χ2n) is 4.85. The normalized spacial score (nSPS) is 21.6. The number of aromatic hydroxyl groups is 1. The lowest BCUT2D eigenvalue weighted by molar-refractivity contribution is 0.349. The van der Waals surface area contributed by atoms with Crippen LogP contribution >= 0.6 is 0 Å². The fourth-order valence-corrected chi connectivity index (χ4v) is 4.16. The molecule has 0 amide bonds. The predicted octanol–water partition coefficient (Wildman–Crippen LogP) is 1.48. The highest BCUT2D eigenvalue weighted by molar-refractivity contribution is 7.91. The highest BCUT2D eigenvalue weighted by atomic mass is 32.2. The number of sulfone groups is 1. The van der Waals surface area contributed by atoms with Crippen molar-refractivity contribution < 1.29 is 13.5 Å². The molecule has 4 nitrogen and oxygen atoms in total. The van der Waals surface area contributed by atoms with Gasteiger partial charge in [0.15, 0.2) is 0 Å². The molecule has 1 aromatic carbocycles. The van der Waals surface area contributed by atoms with Crippen LogP contribution in [0, 0.1) is 5.92 Å². The largest absolute Gasteiger partial charge is 0.508 e. The van der Waals surface area contributed by atoms with Crippen LogP contribution in [-0.2, 0) is 9.84 Å². The average Bonchev–Trinajstić information content (AvgIpc) is 2.32. The van der Waals surface area contributed by atoms with E-state index in [4.69, 9.17) is 0 Å². The molecule has 0 spiro atoms. The van der Waals surface area contributed by atoms with Crippen molar-refractivity contribution in [3.63, 3.8) is 0 Å². The smallest absolute Gasteiger partial charge is 0.150 e. The number of hydrogen-bond acceptors (Lipinski definition) is 4. The van der Waals surface area contributed by atoms with E-state index in [0.717, 1.165) is 5.56 Å². The lowest BCUT2D eigenvalue weighted by atomic mass is 9.88. The van der Waals surface area contributed by atoms with Crippen molar-refractivity contribution in [3.8, 4) is 5.75 Å². The van der Waals surface area contributed by atoms with Crippen molar-refractivity contribution in [2.45, 2.75) is 18.9 Å². The van der Waals surface area contributed by atoms with E-state index in [1.54, 1.807) is 12.1 Å². The minimum atomic E-state index is -2.82. The molecule has 0 aliphatic carbocycles. The minimum Gasteiger partial charge on any atom is -0.508 e. The van der Waals surface area contributed by atoms with Gasteiger partial charge in [-0.25, -0.2) is 8.42 Å². The van der Waals surface area contributed by atoms with Gasteiger partial charge in [0.05, 0.1) is 11.5 Å². The van der Waals surface area contributed by atoms with E-state index >= 15 is 0 Å². The molecule has 0 bridgehead atoms. The average molecular weight is 269 g/mol. The summed E-state index contributed by atoms with van der Waals surface area (Å²) in [5, 5.41) is 12.8. The molecular weight excluding hydrogens is 250 g/mol. The monoisotopic (exact) mass is 269 g/mol. The third-order valence-corrected chi connectivity index (χ3v) is 5.33. The van der Waals surface area contributed by atoms with E-state index in [0.29, 0.717) is 18.8 Å². The molecule has 0 aromatic heterocycles. The second kappa shape index (κ2) is 5.28. The summed E-state index contributed by atoms with van der Waals surface area (Å²) in [5.41, 5.74) is 1.02. The Morgan fingerprint density at radius 3 is 2.56 bits per heavy atom. The minimum absolute atomic E-state index is 0.104. The lowest BCUT2D eigenvalue weighted by Gasteiger charge is -2.30. The molecule has 1 atom stereocenters. The molecule has 2 N–H and O–H groups in total. The van der Waals surface area contributed by atoms with E-state index in [9.17, 15) is 13.5 Å². The summed E-state index contributed by atoms with van der Waals surface area (Å²) >= 11 is 0. The number of rotatable bonds is 3. The first-order valence-corrected chi connectivity index (χ1v) is 8.00. The van der Waals surface area contributed by atoms with Crippen LogP contribution in [0.5, 0.6) is 5.75 Å². The van der Waals surface area contributed by atoms with Gasteiger partial charge in [0.2, 0.25) is 0 Å². The molecule has 1 aliphatic rings. The van der Waals surface area contributed by atoms with Crippen LogP contribution < -0.4 is 5.32 Å². The van der Waals surface area contributed by atoms with Crippen LogP contribution in [0.25, 0.3) is 0 Å². The van der Waals surface area contributed by atoms with Crippen LogP contribution in [0.2, 0.25) is 0 Å². The van der Waals surface area contributed by atoms with Gasteiger partial charge in [0, 0.05) is 6.04 Å². The summed E-state index contributed by atoms with van der Waals surface area (Å²) in [4.78, 5) is 0. The Kier molecular flexibility index (Phi) is 3.92. The van der Waals surface area contributed by atoms with Gasteiger partial charge < -0.3 is 10.4 Å². The Bertz CT molecular complexity index is 499. The first kappa shape index (κ1) is 13.4. The van der Waals surface area contributed by atoms with Crippen LogP contribution in [-0.4, -0.2) is 32.1 Å². The van der Waals surface area contributed by atoms with Crippen LogP contribution in [0.1, 0.15) is 24.4 Å². The summed E-state index contributed by atoms with van der Waals surface area (Å²) in [6.45, 7) is 0. The van der Waals surface area contributed by atoms with Gasteiger partial charge in [-0.2, -0.15) is 0 Å². The summed E-state index contributed by atoms with van der Waals surface area (Å²) in [6.07, 6.45) is 1.37. The molecular formula is C13H19NO3S. The van der Waals surface area contributed by atoms with Crippen LogP contribution in [0.4, 0.5) is 0 Å². The lowest BCUT2D eigenvalue weighted by Crippen LogP contribution is -2.32. The van der Waals surface area contributed by atoms with Gasteiger partial charge in [0.1, 0.15) is 15.6 Å². The Morgan fingerprint density at radius 1 is 1.33 bits per heavy atom. The molecule has 1 fully saturated rings. The quantitative estimate of drug-likeness (QED) is 0.872. The van der Waals surface area contributed by atoms with Crippen molar-refractivity contribution in [3.05, 3.63) is 29.8 Å². The fourth-order valence-electron chi connectivity index (χ4n) is 2.63. The predicted molar refractivity (Wildman–Crippen MR) is 71.3 cm³/mol. The molecule has 1 heterocycles. The standard InChI is InChI=1S/C13H19NO3S/c1-14-13(11-3-2-4-12(15)9-11)10-5-7-18(16,17)8-6-10/h2-4,9-10,13-15H,5-8H2,1H3. The molecule has 0 radical (unpaired) electrons. The maximum Gasteiger partial charge on any atom is 0.150 e. The van der Waals surface area contributed by atoms with Crippen LogP contribution in [0.3, 0.4) is 0 Å². The van der Waals surface area contributed by atoms with Gasteiger partial charge in [0.25, 0.3) is 0 Å². The fraction of sp³-hybridized carbons (Fsp3) is 0.538. The number of benzene rings is 1. The SMILES string of the molecule is CNC(c1cccc(O)c1)C1CCS(=O)(=O)CC1. The van der Waals surface area contributed by atoms with Gasteiger partial charge in [-0.3, -0.25) is 0 Å². The second-order valence-corrected chi connectivity index (χ2v) is 7.15. The summed E-state index contributed by atoms with van der Waals surface area (Å²) in [5.74, 6) is 1.10. The van der Waals surface area contributed by atoms with Gasteiger partial charge in [-0.1, -0.05) is 12.1 Å². The van der Waals surface area contributed by atoms with E-state index in [1.807, 2.05) is 19.2 Å². The van der Waals surface area contributed by atoms with Crippen molar-refractivity contribution in [2.75, 3.05) is 18.6 Å². The Morgan fingerprint density at radius 2 is 2.00 bits per heavy atom. The first-order valence-electron chi connectivity index (χ1n) is 6.18. The molecule has 100 valence electrons. The maximum atomic E-state index is 11.4. The van der Waals surface area contributed by atoms with Gasteiger partial charge in [-0.15, -0.1) is 0 Å². The van der Waals surface area contributed by atoms with Crippen molar-refractivity contribution in [1.82, 2.24) is 5.32 Å². The third kappa shape index (κ3) is 3.03. The molecule has 2 rings (SSSR count). The summed E-state index contributed by atoms with van der Waals surface area (Å²) in [7, 11) is -0.952. The zero-order chi connectivity index (χ0) is 13.2.